The molecule has 2 unspecified atom stereocenters. The first-order valence-corrected chi connectivity index (χ1v) is 12.4. The van der Waals surface area contributed by atoms with E-state index in [9.17, 15) is 31.1 Å². The standard InChI is InChI=1S/C28H25ClF6N2O/c29-23-8-6-19(7-9-23)17-36-24-10-11-37(25(16-24)12-18-4-2-1-3-5-18)26(38)20-13-21(27(30,31)32)15-22(14-20)28(33,34)35/h1-9,13-15,24-25,36H,10-12,16-17H2. The van der Waals surface area contributed by atoms with Crippen LogP contribution in [-0.4, -0.2) is 29.4 Å². The van der Waals surface area contributed by atoms with Crippen molar-refractivity contribution in [2.45, 2.75) is 50.2 Å². The fourth-order valence-corrected chi connectivity index (χ4v) is 4.82. The van der Waals surface area contributed by atoms with E-state index in [1.807, 2.05) is 42.5 Å². The van der Waals surface area contributed by atoms with Gasteiger partial charge in [0.25, 0.3) is 5.91 Å². The van der Waals surface area contributed by atoms with Crippen LogP contribution in [0.4, 0.5) is 26.3 Å². The summed E-state index contributed by atoms with van der Waals surface area (Å²) >= 11 is 5.94. The van der Waals surface area contributed by atoms with Gasteiger partial charge in [0.15, 0.2) is 0 Å². The largest absolute Gasteiger partial charge is 0.416 e. The molecule has 3 aromatic carbocycles. The molecule has 0 bridgehead atoms. The van der Waals surface area contributed by atoms with E-state index in [1.165, 1.54) is 4.90 Å². The zero-order chi connectivity index (χ0) is 27.5. The molecule has 3 aromatic rings. The molecule has 1 saturated heterocycles. The van der Waals surface area contributed by atoms with Crippen LogP contribution in [0.15, 0.2) is 72.8 Å². The number of rotatable bonds is 6. The first kappa shape index (κ1) is 28.0. The SMILES string of the molecule is O=C(c1cc(C(F)(F)F)cc(C(F)(F)F)c1)N1CCC(NCc2ccc(Cl)cc2)CC1Cc1ccccc1. The summed E-state index contributed by atoms with van der Waals surface area (Å²) in [5.74, 6) is -0.848. The molecule has 0 aliphatic carbocycles. The molecule has 3 nitrogen and oxygen atoms in total. The van der Waals surface area contributed by atoms with Crippen molar-refractivity contribution in [3.8, 4) is 0 Å². The van der Waals surface area contributed by atoms with E-state index in [-0.39, 0.29) is 18.7 Å². The van der Waals surface area contributed by atoms with Crippen molar-refractivity contribution in [1.29, 1.82) is 0 Å². The minimum atomic E-state index is -5.03. The third kappa shape index (κ3) is 7.08. The van der Waals surface area contributed by atoms with Crippen LogP contribution in [0.3, 0.4) is 0 Å². The number of benzene rings is 3. The Hall–Kier alpha value is -3.04. The molecular formula is C28H25ClF6N2O. The molecule has 1 fully saturated rings. The highest BCUT2D eigenvalue weighted by atomic mass is 35.5. The molecule has 1 amide bonds. The lowest BCUT2D eigenvalue weighted by molar-refractivity contribution is -0.143. The topological polar surface area (TPSA) is 32.3 Å². The normalized spacial score (nSPS) is 18.4. The summed E-state index contributed by atoms with van der Waals surface area (Å²) in [7, 11) is 0. The molecule has 1 aliphatic heterocycles. The van der Waals surface area contributed by atoms with Gasteiger partial charge in [-0.05, 0) is 60.7 Å². The summed E-state index contributed by atoms with van der Waals surface area (Å²) in [5.41, 5.74) is -1.72. The molecule has 202 valence electrons. The van der Waals surface area contributed by atoms with E-state index in [4.69, 9.17) is 11.6 Å². The Morgan fingerprint density at radius 2 is 1.47 bits per heavy atom. The number of carbonyl (C=O) groups is 1. The van der Waals surface area contributed by atoms with Gasteiger partial charge in [0, 0.05) is 35.8 Å². The van der Waals surface area contributed by atoms with Gasteiger partial charge in [-0.3, -0.25) is 4.79 Å². The Balaban J connectivity index is 1.59. The van der Waals surface area contributed by atoms with Crippen LogP contribution in [0.2, 0.25) is 5.02 Å². The van der Waals surface area contributed by atoms with Crippen LogP contribution in [0, 0.1) is 0 Å². The summed E-state index contributed by atoms with van der Waals surface area (Å²) in [6, 6.07) is 17.2. The summed E-state index contributed by atoms with van der Waals surface area (Å²) in [6.45, 7) is 0.739. The minimum absolute atomic E-state index is 0.00399. The van der Waals surface area contributed by atoms with Gasteiger partial charge < -0.3 is 10.2 Å². The van der Waals surface area contributed by atoms with Crippen molar-refractivity contribution in [3.05, 3.63) is 106 Å². The number of alkyl halides is 6. The van der Waals surface area contributed by atoms with Gasteiger partial charge in [-0.25, -0.2) is 0 Å². The maximum absolute atomic E-state index is 13.4. The quantitative estimate of drug-likeness (QED) is 0.322. The smallest absolute Gasteiger partial charge is 0.335 e. The van der Waals surface area contributed by atoms with Crippen molar-refractivity contribution < 1.29 is 31.1 Å². The fraction of sp³-hybridized carbons (Fsp3) is 0.321. The number of hydrogen-bond donors (Lipinski definition) is 1. The predicted octanol–water partition coefficient (Wildman–Crippen LogP) is 7.38. The molecule has 4 rings (SSSR count). The third-order valence-corrected chi connectivity index (χ3v) is 6.89. The van der Waals surface area contributed by atoms with Crippen LogP contribution < -0.4 is 5.32 Å². The number of piperidine rings is 1. The maximum atomic E-state index is 13.4. The van der Waals surface area contributed by atoms with E-state index in [1.54, 1.807) is 12.1 Å². The van der Waals surface area contributed by atoms with Crippen LogP contribution in [0.25, 0.3) is 0 Å². The Bertz CT molecular complexity index is 1210. The van der Waals surface area contributed by atoms with Gasteiger partial charge in [0.1, 0.15) is 0 Å². The van der Waals surface area contributed by atoms with Gasteiger partial charge in [-0.1, -0.05) is 54.1 Å². The van der Waals surface area contributed by atoms with Crippen LogP contribution in [0.5, 0.6) is 0 Å². The second-order valence-electron chi connectivity index (χ2n) is 9.37. The molecule has 0 radical (unpaired) electrons. The number of halogens is 7. The summed E-state index contributed by atoms with van der Waals surface area (Å²) in [6.07, 6.45) is -8.66. The molecule has 38 heavy (non-hydrogen) atoms. The Morgan fingerprint density at radius 3 is 2.05 bits per heavy atom. The number of nitrogens with zero attached hydrogens (tertiary/aromatic N) is 1. The lowest BCUT2D eigenvalue weighted by atomic mass is 9.91. The summed E-state index contributed by atoms with van der Waals surface area (Å²) in [5, 5.41) is 4.07. The van der Waals surface area contributed by atoms with E-state index < -0.39 is 41.0 Å². The van der Waals surface area contributed by atoms with Gasteiger partial charge >= 0.3 is 12.4 Å². The van der Waals surface area contributed by atoms with E-state index in [0.717, 1.165) is 11.1 Å². The Labute approximate surface area is 221 Å². The molecule has 1 aliphatic rings. The van der Waals surface area contributed by atoms with Gasteiger partial charge in [0.2, 0.25) is 0 Å². The molecule has 0 saturated carbocycles. The highest BCUT2D eigenvalue weighted by Crippen LogP contribution is 2.37. The van der Waals surface area contributed by atoms with Crippen molar-refractivity contribution in [3.63, 3.8) is 0 Å². The number of nitrogens with one attached hydrogen (secondary N) is 1. The fourth-order valence-electron chi connectivity index (χ4n) is 4.69. The van der Waals surface area contributed by atoms with E-state index >= 15 is 0 Å². The third-order valence-electron chi connectivity index (χ3n) is 6.63. The van der Waals surface area contributed by atoms with Gasteiger partial charge in [-0.2, -0.15) is 26.3 Å². The second kappa shape index (κ2) is 11.4. The average molecular weight is 555 g/mol. The number of likely N-dealkylation sites (tertiary alicyclic amines) is 1. The van der Waals surface area contributed by atoms with Crippen molar-refractivity contribution in [1.82, 2.24) is 10.2 Å². The highest BCUT2D eigenvalue weighted by molar-refractivity contribution is 6.30. The van der Waals surface area contributed by atoms with Crippen molar-refractivity contribution in [2.24, 2.45) is 0 Å². The van der Waals surface area contributed by atoms with E-state index in [2.05, 4.69) is 5.32 Å². The average Bonchev–Trinajstić information content (AvgIpc) is 2.87. The first-order valence-electron chi connectivity index (χ1n) is 12.0. The lowest BCUT2D eigenvalue weighted by Gasteiger charge is -2.40. The molecule has 2 atom stereocenters. The summed E-state index contributed by atoms with van der Waals surface area (Å²) in [4.78, 5) is 14.8. The predicted molar refractivity (Wildman–Crippen MR) is 133 cm³/mol. The molecule has 0 aromatic heterocycles. The lowest BCUT2D eigenvalue weighted by Crippen LogP contribution is -2.51. The first-order chi connectivity index (χ1) is 17.9. The maximum Gasteiger partial charge on any atom is 0.416 e. The van der Waals surface area contributed by atoms with Crippen LogP contribution in [0.1, 0.15) is 45.5 Å². The van der Waals surface area contributed by atoms with Gasteiger partial charge in [-0.15, -0.1) is 0 Å². The second-order valence-corrected chi connectivity index (χ2v) is 9.80. The number of hydrogen-bond acceptors (Lipinski definition) is 2. The summed E-state index contributed by atoms with van der Waals surface area (Å²) < 4.78 is 80.4. The zero-order valence-corrected chi connectivity index (χ0v) is 20.9. The van der Waals surface area contributed by atoms with E-state index in [0.29, 0.717) is 43.0 Å². The van der Waals surface area contributed by atoms with Crippen LogP contribution in [-0.2, 0) is 25.3 Å². The number of carbonyl (C=O) groups excluding carboxylic acids is 1. The zero-order valence-electron chi connectivity index (χ0n) is 20.1. The van der Waals surface area contributed by atoms with Crippen molar-refractivity contribution >= 4 is 17.5 Å². The minimum Gasteiger partial charge on any atom is -0.335 e. The molecular weight excluding hydrogens is 530 g/mol. The number of amides is 1. The van der Waals surface area contributed by atoms with Crippen molar-refractivity contribution in [2.75, 3.05) is 6.54 Å². The highest BCUT2D eigenvalue weighted by Gasteiger charge is 2.39. The van der Waals surface area contributed by atoms with Crippen LogP contribution >= 0.6 is 11.6 Å². The molecule has 0 spiro atoms. The monoisotopic (exact) mass is 554 g/mol. The Morgan fingerprint density at radius 1 is 0.868 bits per heavy atom. The Kier molecular flexibility index (Phi) is 8.37. The molecule has 1 heterocycles. The van der Waals surface area contributed by atoms with Gasteiger partial charge in [0.05, 0.1) is 11.1 Å². The molecule has 10 heteroatoms. The molecule has 1 N–H and O–H groups in total.